The summed E-state index contributed by atoms with van der Waals surface area (Å²) in [6, 6.07) is 20.7. The first-order valence-corrected chi connectivity index (χ1v) is 12.6. The molecule has 0 saturated carbocycles. The number of aromatic nitrogens is 1. The van der Waals surface area contributed by atoms with Crippen LogP contribution in [0.5, 0.6) is 5.75 Å². The van der Waals surface area contributed by atoms with Crippen LogP contribution >= 0.6 is 11.3 Å². The smallest absolute Gasteiger partial charge is 0.338 e. The lowest BCUT2D eigenvalue weighted by Crippen LogP contribution is -2.40. The second-order valence-corrected chi connectivity index (χ2v) is 9.53. The first-order chi connectivity index (χ1) is 18.0. The molecule has 2 heterocycles. The van der Waals surface area contributed by atoms with Crippen molar-refractivity contribution in [3.63, 3.8) is 0 Å². The maximum Gasteiger partial charge on any atom is 0.338 e. The second kappa shape index (κ2) is 10.5. The molecule has 0 fully saturated rings. The fourth-order valence-electron chi connectivity index (χ4n) is 4.58. The quantitative estimate of drug-likeness (QED) is 0.278. The average Bonchev–Trinajstić information content (AvgIpc) is 3.22. The van der Waals surface area contributed by atoms with Crippen LogP contribution in [0.3, 0.4) is 0 Å². The molecule has 188 valence electrons. The molecule has 1 aliphatic rings. The molecule has 1 aromatic heterocycles. The third-order valence-electron chi connectivity index (χ3n) is 6.31. The molecule has 0 radical (unpaired) electrons. The minimum atomic E-state index is -0.753. The number of hydrogen-bond acceptors (Lipinski definition) is 7. The van der Waals surface area contributed by atoms with E-state index in [4.69, 9.17) is 14.2 Å². The number of nitrogens with zero attached hydrogens (tertiary/aromatic N) is 2. The monoisotopic (exact) mass is 514 g/mol. The summed E-state index contributed by atoms with van der Waals surface area (Å²) in [5.41, 5.74) is 2.17. The number of fused-ring (bicyclic) bond motifs is 2. The van der Waals surface area contributed by atoms with Gasteiger partial charge in [-0.15, -0.1) is 0 Å². The van der Waals surface area contributed by atoms with Gasteiger partial charge in [0.1, 0.15) is 18.4 Å². The largest absolute Gasteiger partial charge is 0.496 e. The summed E-state index contributed by atoms with van der Waals surface area (Å²) in [6.07, 6.45) is 1.89. The van der Waals surface area contributed by atoms with E-state index in [0.717, 1.165) is 16.3 Å². The van der Waals surface area contributed by atoms with Gasteiger partial charge in [-0.05, 0) is 35.4 Å². The molecule has 5 rings (SSSR count). The van der Waals surface area contributed by atoms with Crippen LogP contribution in [-0.2, 0) is 14.3 Å². The molecule has 0 aliphatic carbocycles. The van der Waals surface area contributed by atoms with Crippen LogP contribution in [0.1, 0.15) is 24.1 Å². The standard InChI is InChI=1S/C29H26N2O5S/c1-18-25(28(33)36-16-15-34-2)26(22-13-6-7-14-23(22)35-3)31-27(32)24(37-29(31)30-18)17-20-11-8-10-19-9-4-5-12-21(19)20/h4-14,17,26H,15-16H2,1-3H3. The van der Waals surface area contributed by atoms with Crippen molar-refractivity contribution in [2.24, 2.45) is 4.99 Å². The van der Waals surface area contributed by atoms with E-state index < -0.39 is 12.0 Å². The number of thiazole rings is 1. The number of ether oxygens (including phenoxy) is 3. The van der Waals surface area contributed by atoms with Gasteiger partial charge >= 0.3 is 5.97 Å². The zero-order chi connectivity index (χ0) is 25.9. The lowest BCUT2D eigenvalue weighted by Gasteiger charge is -2.26. The normalized spacial score (nSPS) is 15.4. The highest BCUT2D eigenvalue weighted by Gasteiger charge is 2.35. The van der Waals surface area contributed by atoms with Gasteiger partial charge in [-0.3, -0.25) is 9.36 Å². The first-order valence-electron chi connectivity index (χ1n) is 11.8. The number of carbonyl (C=O) groups is 1. The Morgan fingerprint density at radius 2 is 1.78 bits per heavy atom. The van der Waals surface area contributed by atoms with Crippen molar-refractivity contribution in [2.45, 2.75) is 13.0 Å². The van der Waals surface area contributed by atoms with Crippen molar-refractivity contribution >= 4 is 34.2 Å². The summed E-state index contributed by atoms with van der Waals surface area (Å²) >= 11 is 1.30. The summed E-state index contributed by atoms with van der Waals surface area (Å²) in [5.74, 6) is 0.0190. The Balaban J connectivity index is 1.72. The number of allylic oxidation sites excluding steroid dienone is 1. The highest BCUT2D eigenvalue weighted by molar-refractivity contribution is 7.07. The van der Waals surface area contributed by atoms with Crippen molar-refractivity contribution in [2.75, 3.05) is 27.4 Å². The third-order valence-corrected chi connectivity index (χ3v) is 7.29. The van der Waals surface area contributed by atoms with Crippen LogP contribution < -0.4 is 19.6 Å². The molecule has 1 unspecified atom stereocenters. The van der Waals surface area contributed by atoms with Gasteiger partial charge in [0.15, 0.2) is 4.80 Å². The summed E-state index contributed by atoms with van der Waals surface area (Å²) in [6.45, 7) is 2.12. The topological polar surface area (TPSA) is 79.1 Å². The molecular formula is C29H26N2O5S. The summed E-state index contributed by atoms with van der Waals surface area (Å²) in [5, 5.41) is 2.14. The van der Waals surface area contributed by atoms with Crippen LogP contribution in [0.4, 0.5) is 0 Å². The fraction of sp³-hybridized carbons (Fsp3) is 0.207. The van der Waals surface area contributed by atoms with Gasteiger partial charge in [0.25, 0.3) is 5.56 Å². The van der Waals surface area contributed by atoms with E-state index in [-0.39, 0.29) is 18.8 Å². The molecule has 0 spiro atoms. The highest BCUT2D eigenvalue weighted by atomic mass is 32.1. The third kappa shape index (κ3) is 4.61. The maximum absolute atomic E-state index is 13.9. The van der Waals surface area contributed by atoms with E-state index in [1.807, 2.05) is 72.8 Å². The van der Waals surface area contributed by atoms with Crippen LogP contribution in [0.15, 0.2) is 87.8 Å². The van der Waals surface area contributed by atoms with Crippen molar-refractivity contribution in [1.82, 2.24) is 4.57 Å². The van der Waals surface area contributed by atoms with Crippen molar-refractivity contribution in [1.29, 1.82) is 0 Å². The molecule has 8 heteroatoms. The molecule has 0 N–H and O–H groups in total. The number of benzene rings is 3. The lowest BCUT2D eigenvalue weighted by molar-refractivity contribution is -0.140. The van der Waals surface area contributed by atoms with Crippen molar-refractivity contribution < 1.29 is 19.0 Å². The van der Waals surface area contributed by atoms with Crippen LogP contribution in [0, 0.1) is 0 Å². The molecule has 1 atom stereocenters. The highest BCUT2D eigenvalue weighted by Crippen LogP contribution is 2.35. The Hall–Kier alpha value is -4.01. The van der Waals surface area contributed by atoms with E-state index in [1.165, 1.54) is 18.4 Å². The van der Waals surface area contributed by atoms with E-state index in [9.17, 15) is 9.59 Å². The second-order valence-electron chi connectivity index (χ2n) is 8.52. The van der Waals surface area contributed by atoms with Crippen LogP contribution in [-0.4, -0.2) is 38.0 Å². The molecule has 7 nitrogen and oxygen atoms in total. The number of carbonyl (C=O) groups excluding carboxylic acids is 1. The average molecular weight is 515 g/mol. The maximum atomic E-state index is 13.9. The number of rotatable bonds is 7. The molecular weight excluding hydrogens is 488 g/mol. The number of para-hydroxylation sites is 1. The van der Waals surface area contributed by atoms with Gasteiger partial charge in [0.05, 0.1) is 29.5 Å². The minimum absolute atomic E-state index is 0.0935. The van der Waals surface area contributed by atoms with Crippen LogP contribution in [0.25, 0.3) is 16.8 Å². The van der Waals surface area contributed by atoms with E-state index >= 15 is 0 Å². The Kier molecular flexibility index (Phi) is 7.03. The number of hydrogen-bond donors (Lipinski definition) is 0. The van der Waals surface area contributed by atoms with E-state index in [2.05, 4.69) is 4.99 Å². The fourth-order valence-corrected chi connectivity index (χ4v) is 5.62. The summed E-state index contributed by atoms with van der Waals surface area (Å²) < 4.78 is 18.2. The van der Waals surface area contributed by atoms with Crippen molar-refractivity contribution in [3.8, 4) is 5.75 Å². The van der Waals surface area contributed by atoms with E-state index in [0.29, 0.717) is 31.9 Å². The van der Waals surface area contributed by atoms with Crippen LogP contribution in [0.2, 0.25) is 0 Å². The molecule has 0 saturated heterocycles. The van der Waals surface area contributed by atoms with E-state index in [1.54, 1.807) is 18.6 Å². The number of methoxy groups -OCH3 is 2. The SMILES string of the molecule is COCCOC(=O)C1=C(C)N=c2sc(=Cc3cccc4ccccc34)c(=O)n2C1c1ccccc1OC. The Morgan fingerprint density at radius 1 is 1.03 bits per heavy atom. The minimum Gasteiger partial charge on any atom is -0.496 e. The molecule has 0 bridgehead atoms. The molecule has 3 aromatic carbocycles. The Bertz CT molecular complexity index is 1690. The predicted molar refractivity (Wildman–Crippen MR) is 144 cm³/mol. The molecule has 1 aliphatic heterocycles. The van der Waals surface area contributed by atoms with Gasteiger partial charge in [0.2, 0.25) is 0 Å². The Morgan fingerprint density at radius 3 is 2.59 bits per heavy atom. The molecule has 4 aromatic rings. The Labute approximate surface area is 217 Å². The molecule has 0 amide bonds. The summed E-state index contributed by atoms with van der Waals surface area (Å²) in [4.78, 5) is 32.4. The molecule has 37 heavy (non-hydrogen) atoms. The van der Waals surface area contributed by atoms with Crippen molar-refractivity contribution in [3.05, 3.63) is 109 Å². The van der Waals surface area contributed by atoms with Gasteiger partial charge in [-0.1, -0.05) is 72.0 Å². The van der Waals surface area contributed by atoms with Gasteiger partial charge in [-0.2, -0.15) is 0 Å². The zero-order valence-corrected chi connectivity index (χ0v) is 21.6. The van der Waals surface area contributed by atoms with Gasteiger partial charge in [-0.25, -0.2) is 9.79 Å². The zero-order valence-electron chi connectivity index (χ0n) is 20.8. The van der Waals surface area contributed by atoms with Gasteiger partial charge < -0.3 is 14.2 Å². The predicted octanol–water partition coefficient (Wildman–Crippen LogP) is 3.59. The summed E-state index contributed by atoms with van der Waals surface area (Å²) in [7, 11) is 3.10. The van der Waals surface area contributed by atoms with Gasteiger partial charge in [0, 0.05) is 12.7 Å². The first kappa shape index (κ1) is 24.7. The number of esters is 1. The lowest BCUT2D eigenvalue weighted by atomic mass is 9.95.